The second-order valence-electron chi connectivity index (χ2n) is 5.86. The number of nitrogens with two attached hydrogens (primary N) is 1. The van der Waals surface area contributed by atoms with E-state index in [2.05, 4.69) is 15.0 Å². The van der Waals surface area contributed by atoms with Gasteiger partial charge in [-0.05, 0) is 25.3 Å². The van der Waals surface area contributed by atoms with Crippen LogP contribution in [-0.2, 0) is 17.6 Å². The van der Waals surface area contributed by atoms with E-state index in [0.29, 0.717) is 11.6 Å². The number of halogens is 1. The molecule has 2 aromatic rings. The van der Waals surface area contributed by atoms with Gasteiger partial charge in [0, 0.05) is 28.6 Å². The van der Waals surface area contributed by atoms with Crippen molar-refractivity contribution < 1.29 is 19.2 Å². The third-order valence-electron chi connectivity index (χ3n) is 4.01. The molecule has 3 rings (SSSR count). The van der Waals surface area contributed by atoms with Crippen molar-refractivity contribution in [3.05, 3.63) is 50.0 Å². The van der Waals surface area contributed by atoms with Gasteiger partial charge in [-0.25, -0.2) is 9.78 Å². The van der Waals surface area contributed by atoms with Crippen LogP contribution in [-0.4, -0.2) is 34.9 Å². The number of aryl methyl sites for hydroxylation is 1. The Morgan fingerprint density at radius 2 is 2.07 bits per heavy atom. The Labute approximate surface area is 164 Å². The SMILES string of the molecule is COC(=O)c1cc(C(=O)Nc2nc3c(s2)C[C@@H](N)CC3)cc([N+](=O)[O-])c1.Cl. The van der Waals surface area contributed by atoms with Gasteiger partial charge in [0.25, 0.3) is 11.6 Å². The highest BCUT2D eigenvalue weighted by Crippen LogP contribution is 2.29. The highest BCUT2D eigenvalue weighted by atomic mass is 35.5. The molecule has 0 unspecified atom stereocenters. The van der Waals surface area contributed by atoms with Gasteiger partial charge >= 0.3 is 5.97 Å². The molecule has 1 amide bonds. The molecule has 1 aliphatic rings. The molecule has 1 heterocycles. The zero-order valence-corrected chi connectivity index (χ0v) is 15.9. The summed E-state index contributed by atoms with van der Waals surface area (Å²) in [5.74, 6) is -1.35. The molecule has 0 spiro atoms. The first-order valence-corrected chi connectivity index (χ1v) is 8.62. The fraction of sp³-hybridized carbons (Fsp3) is 0.312. The summed E-state index contributed by atoms with van der Waals surface area (Å²) in [6, 6.07) is 3.50. The Balaban J connectivity index is 0.00000261. The number of nitrogens with one attached hydrogen (secondary N) is 1. The minimum atomic E-state index is -0.763. The van der Waals surface area contributed by atoms with E-state index in [-0.39, 0.29) is 35.3 Å². The lowest BCUT2D eigenvalue weighted by Crippen LogP contribution is -2.27. The van der Waals surface area contributed by atoms with Crippen molar-refractivity contribution in [2.24, 2.45) is 5.73 Å². The van der Waals surface area contributed by atoms with Crippen molar-refractivity contribution in [1.29, 1.82) is 0 Å². The average molecular weight is 413 g/mol. The average Bonchev–Trinajstić information content (AvgIpc) is 3.01. The van der Waals surface area contributed by atoms with E-state index in [0.717, 1.165) is 42.7 Å². The van der Waals surface area contributed by atoms with Crippen LogP contribution in [0.25, 0.3) is 0 Å². The number of methoxy groups -OCH3 is 1. The van der Waals surface area contributed by atoms with Gasteiger partial charge in [-0.3, -0.25) is 20.2 Å². The molecular weight excluding hydrogens is 396 g/mol. The van der Waals surface area contributed by atoms with Gasteiger partial charge in [-0.2, -0.15) is 0 Å². The molecule has 0 saturated carbocycles. The van der Waals surface area contributed by atoms with Crippen LogP contribution in [0.2, 0.25) is 0 Å². The quantitative estimate of drug-likeness (QED) is 0.446. The molecule has 1 aromatic carbocycles. The number of esters is 1. The number of non-ortho nitro benzene ring substituents is 1. The Morgan fingerprint density at radius 3 is 2.74 bits per heavy atom. The van der Waals surface area contributed by atoms with Gasteiger partial charge in [-0.15, -0.1) is 23.7 Å². The summed E-state index contributed by atoms with van der Waals surface area (Å²) in [6.07, 6.45) is 2.32. The first kappa shape index (κ1) is 20.7. The van der Waals surface area contributed by atoms with Crippen molar-refractivity contribution in [3.63, 3.8) is 0 Å². The minimum absolute atomic E-state index is 0. The largest absolute Gasteiger partial charge is 0.465 e. The molecule has 1 atom stereocenters. The van der Waals surface area contributed by atoms with Crippen molar-refractivity contribution in [1.82, 2.24) is 4.98 Å². The molecule has 9 nitrogen and oxygen atoms in total. The Hall–Kier alpha value is -2.56. The zero-order chi connectivity index (χ0) is 18.8. The lowest BCUT2D eigenvalue weighted by atomic mass is 9.99. The summed E-state index contributed by atoms with van der Waals surface area (Å²) < 4.78 is 4.57. The molecule has 27 heavy (non-hydrogen) atoms. The van der Waals surface area contributed by atoms with Gasteiger partial charge in [0.05, 0.1) is 23.3 Å². The van der Waals surface area contributed by atoms with E-state index in [4.69, 9.17) is 5.73 Å². The van der Waals surface area contributed by atoms with Crippen molar-refractivity contribution in [3.8, 4) is 0 Å². The third-order valence-corrected chi connectivity index (χ3v) is 5.05. The second kappa shape index (κ2) is 8.42. The number of benzene rings is 1. The minimum Gasteiger partial charge on any atom is -0.465 e. The number of carbonyl (C=O) groups excluding carboxylic acids is 2. The number of nitro benzene ring substituents is 1. The number of thiazole rings is 1. The van der Waals surface area contributed by atoms with E-state index in [1.165, 1.54) is 17.4 Å². The highest BCUT2D eigenvalue weighted by molar-refractivity contribution is 7.15. The third kappa shape index (κ3) is 4.59. The van der Waals surface area contributed by atoms with Crippen molar-refractivity contribution >= 4 is 46.4 Å². The topological polar surface area (TPSA) is 137 Å². The number of rotatable bonds is 4. The molecule has 1 aliphatic carbocycles. The van der Waals surface area contributed by atoms with Crippen LogP contribution in [0, 0.1) is 10.1 Å². The van der Waals surface area contributed by atoms with Crippen molar-refractivity contribution in [2.45, 2.75) is 25.3 Å². The van der Waals surface area contributed by atoms with Crippen LogP contribution in [0.4, 0.5) is 10.8 Å². The summed E-state index contributed by atoms with van der Waals surface area (Å²) >= 11 is 1.34. The number of aromatic nitrogens is 1. The molecule has 0 radical (unpaired) electrons. The number of carbonyl (C=O) groups is 2. The summed E-state index contributed by atoms with van der Waals surface area (Å²) in [6.45, 7) is 0. The number of ether oxygens (including phenoxy) is 1. The molecule has 144 valence electrons. The molecule has 0 saturated heterocycles. The van der Waals surface area contributed by atoms with Gasteiger partial charge < -0.3 is 10.5 Å². The number of nitrogens with zero attached hydrogens (tertiary/aromatic N) is 2. The molecule has 0 bridgehead atoms. The van der Waals surface area contributed by atoms with E-state index in [1.54, 1.807) is 0 Å². The fourth-order valence-corrected chi connectivity index (χ4v) is 3.80. The van der Waals surface area contributed by atoms with Crippen LogP contribution < -0.4 is 11.1 Å². The Morgan fingerprint density at radius 1 is 1.37 bits per heavy atom. The van der Waals surface area contributed by atoms with E-state index in [9.17, 15) is 19.7 Å². The molecule has 0 fully saturated rings. The molecule has 0 aliphatic heterocycles. The first-order chi connectivity index (χ1) is 12.4. The molecule has 3 N–H and O–H groups in total. The number of amides is 1. The number of nitro groups is 1. The summed E-state index contributed by atoms with van der Waals surface area (Å²) in [5, 5.41) is 14.1. The van der Waals surface area contributed by atoms with E-state index in [1.807, 2.05) is 0 Å². The summed E-state index contributed by atoms with van der Waals surface area (Å²) in [4.78, 5) is 40.0. The predicted octanol–water partition coefficient (Wildman–Crippen LogP) is 2.33. The van der Waals surface area contributed by atoms with Gasteiger partial charge in [0.1, 0.15) is 0 Å². The standard InChI is InChI=1S/C16H16N4O5S.ClH/c1-25-15(22)9-4-8(5-11(6-9)20(23)24)14(21)19-16-18-12-3-2-10(17)7-13(12)26-16;/h4-6,10H,2-3,7,17H2,1H3,(H,18,19,21);1H/t10-;/m0./s1. The maximum Gasteiger partial charge on any atom is 0.338 e. The Kier molecular flexibility index (Phi) is 6.47. The highest BCUT2D eigenvalue weighted by Gasteiger charge is 2.22. The Bertz CT molecular complexity index is 901. The second-order valence-corrected chi connectivity index (χ2v) is 6.95. The van der Waals surface area contributed by atoms with Crippen LogP contribution in [0.3, 0.4) is 0 Å². The predicted molar refractivity (Wildman–Crippen MR) is 102 cm³/mol. The number of anilines is 1. The lowest BCUT2D eigenvalue weighted by molar-refractivity contribution is -0.384. The fourth-order valence-electron chi connectivity index (χ4n) is 2.71. The number of hydrogen-bond donors (Lipinski definition) is 2. The van der Waals surface area contributed by atoms with Gasteiger partial charge in [-0.1, -0.05) is 0 Å². The summed E-state index contributed by atoms with van der Waals surface area (Å²) in [7, 11) is 1.16. The van der Waals surface area contributed by atoms with Crippen LogP contribution in [0.5, 0.6) is 0 Å². The summed E-state index contributed by atoms with van der Waals surface area (Å²) in [5.41, 5.74) is 6.39. The van der Waals surface area contributed by atoms with Crippen LogP contribution in [0.1, 0.15) is 37.7 Å². The van der Waals surface area contributed by atoms with Crippen LogP contribution in [0.15, 0.2) is 18.2 Å². The molecular formula is C16H17ClN4O5S. The maximum absolute atomic E-state index is 12.5. The van der Waals surface area contributed by atoms with E-state index >= 15 is 0 Å². The zero-order valence-electron chi connectivity index (χ0n) is 14.3. The number of fused-ring (bicyclic) bond motifs is 1. The first-order valence-electron chi connectivity index (χ1n) is 7.80. The molecule has 11 heteroatoms. The smallest absolute Gasteiger partial charge is 0.338 e. The lowest BCUT2D eigenvalue weighted by Gasteiger charge is -2.15. The van der Waals surface area contributed by atoms with Gasteiger partial charge in [0.15, 0.2) is 5.13 Å². The van der Waals surface area contributed by atoms with Crippen molar-refractivity contribution in [2.75, 3.05) is 12.4 Å². The monoisotopic (exact) mass is 412 g/mol. The van der Waals surface area contributed by atoms with Gasteiger partial charge in [0.2, 0.25) is 0 Å². The van der Waals surface area contributed by atoms with E-state index < -0.39 is 16.8 Å². The normalized spacial score (nSPS) is 15.3. The number of hydrogen-bond acceptors (Lipinski definition) is 8. The van der Waals surface area contributed by atoms with Crippen LogP contribution >= 0.6 is 23.7 Å². The molecule has 1 aromatic heterocycles. The maximum atomic E-state index is 12.5.